The van der Waals surface area contributed by atoms with Crippen LogP contribution in [0, 0.1) is 6.92 Å². The van der Waals surface area contributed by atoms with E-state index in [1.807, 2.05) is 31.2 Å². The number of esters is 1. The molecule has 26 heavy (non-hydrogen) atoms. The van der Waals surface area contributed by atoms with Crippen LogP contribution < -0.4 is 5.32 Å². The van der Waals surface area contributed by atoms with E-state index in [4.69, 9.17) is 4.74 Å². The molecule has 0 unspecified atom stereocenters. The Morgan fingerprint density at radius 3 is 2.77 bits per heavy atom. The van der Waals surface area contributed by atoms with Crippen LogP contribution in [0.3, 0.4) is 0 Å². The molecule has 1 aromatic carbocycles. The van der Waals surface area contributed by atoms with Crippen LogP contribution in [0.25, 0.3) is 11.6 Å². The van der Waals surface area contributed by atoms with Crippen molar-refractivity contribution in [3.63, 3.8) is 0 Å². The van der Waals surface area contributed by atoms with Crippen LogP contribution in [0.15, 0.2) is 18.2 Å². The highest BCUT2D eigenvalue weighted by Gasteiger charge is 2.28. The highest BCUT2D eigenvalue weighted by atomic mass is 16.5. The van der Waals surface area contributed by atoms with Crippen LogP contribution in [0.5, 0.6) is 0 Å². The number of rotatable bonds is 3. The van der Waals surface area contributed by atoms with Crippen LogP contribution in [-0.4, -0.2) is 23.5 Å². The standard InChI is InChI=1S/C21H22N2O3/c1-3-26-21(25)19-14-9-5-4-8-13(14)17(22-19)11-15-18-12(2)7-6-10-16(18)23-20(15)24/h6-7,10-11,22H,3-5,8-9H2,1-2H3,(H,23,24). The lowest BCUT2D eigenvalue weighted by Gasteiger charge is -2.13. The molecular formula is C21H22N2O3. The smallest absolute Gasteiger partial charge is 0.355 e. The van der Waals surface area contributed by atoms with Crippen LogP contribution in [0.2, 0.25) is 0 Å². The molecule has 1 amide bonds. The third kappa shape index (κ3) is 2.64. The lowest BCUT2D eigenvalue weighted by atomic mass is 9.91. The van der Waals surface area contributed by atoms with Gasteiger partial charge in [-0.05, 0) is 68.4 Å². The second kappa shape index (κ2) is 6.48. The molecule has 0 radical (unpaired) electrons. The van der Waals surface area contributed by atoms with Gasteiger partial charge in [0.1, 0.15) is 5.69 Å². The van der Waals surface area contributed by atoms with Crippen molar-refractivity contribution >= 4 is 29.2 Å². The summed E-state index contributed by atoms with van der Waals surface area (Å²) in [7, 11) is 0. The third-order valence-corrected chi connectivity index (χ3v) is 5.16. The van der Waals surface area contributed by atoms with E-state index in [-0.39, 0.29) is 11.9 Å². The van der Waals surface area contributed by atoms with E-state index >= 15 is 0 Å². The number of hydrogen-bond acceptors (Lipinski definition) is 3. The van der Waals surface area contributed by atoms with E-state index in [1.165, 1.54) is 0 Å². The molecule has 1 aliphatic carbocycles. The zero-order valence-corrected chi connectivity index (χ0v) is 15.1. The average molecular weight is 350 g/mol. The van der Waals surface area contributed by atoms with Crippen molar-refractivity contribution in [2.75, 3.05) is 11.9 Å². The number of fused-ring (bicyclic) bond motifs is 2. The van der Waals surface area contributed by atoms with Crippen molar-refractivity contribution in [3.05, 3.63) is 51.8 Å². The Balaban J connectivity index is 1.84. The van der Waals surface area contributed by atoms with Gasteiger partial charge in [0.15, 0.2) is 0 Å². The molecule has 1 aromatic heterocycles. The van der Waals surface area contributed by atoms with E-state index in [2.05, 4.69) is 10.3 Å². The van der Waals surface area contributed by atoms with Gasteiger partial charge in [0.25, 0.3) is 5.91 Å². The number of benzene rings is 1. The second-order valence-electron chi connectivity index (χ2n) is 6.81. The molecule has 4 rings (SSSR count). The number of aromatic nitrogens is 1. The molecule has 2 heterocycles. The molecule has 5 heteroatoms. The maximum absolute atomic E-state index is 12.5. The molecule has 5 nitrogen and oxygen atoms in total. The number of amides is 1. The number of nitrogens with one attached hydrogen (secondary N) is 2. The normalized spacial score (nSPS) is 17.0. The van der Waals surface area contributed by atoms with Gasteiger partial charge in [0, 0.05) is 16.9 Å². The topological polar surface area (TPSA) is 71.2 Å². The summed E-state index contributed by atoms with van der Waals surface area (Å²) in [6.45, 7) is 4.15. The zero-order valence-electron chi connectivity index (χ0n) is 15.1. The first-order valence-corrected chi connectivity index (χ1v) is 9.14. The monoisotopic (exact) mass is 350 g/mol. The van der Waals surface area contributed by atoms with Crippen molar-refractivity contribution in [1.82, 2.24) is 4.98 Å². The van der Waals surface area contributed by atoms with E-state index in [9.17, 15) is 9.59 Å². The third-order valence-electron chi connectivity index (χ3n) is 5.16. The summed E-state index contributed by atoms with van der Waals surface area (Å²) in [5.41, 5.74) is 7.05. The van der Waals surface area contributed by atoms with Gasteiger partial charge in [-0.15, -0.1) is 0 Å². The lowest BCUT2D eigenvalue weighted by Crippen LogP contribution is -2.10. The summed E-state index contributed by atoms with van der Waals surface area (Å²) in [6, 6.07) is 5.85. The number of hydrogen-bond donors (Lipinski definition) is 2. The minimum absolute atomic E-state index is 0.105. The minimum Gasteiger partial charge on any atom is -0.461 e. The fourth-order valence-electron chi connectivity index (χ4n) is 3.98. The first kappa shape index (κ1) is 16.6. The Hall–Kier alpha value is -2.82. The van der Waals surface area contributed by atoms with Gasteiger partial charge in [-0.3, -0.25) is 4.79 Å². The number of aryl methyl sites for hydroxylation is 1. The van der Waals surface area contributed by atoms with E-state index in [1.54, 1.807) is 6.92 Å². The first-order chi connectivity index (χ1) is 12.6. The van der Waals surface area contributed by atoms with Gasteiger partial charge < -0.3 is 15.0 Å². The molecule has 0 fully saturated rings. The van der Waals surface area contributed by atoms with Gasteiger partial charge in [0.05, 0.1) is 12.2 Å². The maximum Gasteiger partial charge on any atom is 0.355 e. The number of anilines is 1. The quantitative estimate of drug-likeness (QED) is 0.652. The zero-order chi connectivity index (χ0) is 18.3. The van der Waals surface area contributed by atoms with Crippen LogP contribution in [-0.2, 0) is 22.4 Å². The van der Waals surface area contributed by atoms with Gasteiger partial charge in [-0.1, -0.05) is 12.1 Å². The Morgan fingerprint density at radius 2 is 2.00 bits per heavy atom. The highest BCUT2D eigenvalue weighted by molar-refractivity contribution is 6.35. The van der Waals surface area contributed by atoms with Gasteiger partial charge >= 0.3 is 5.97 Å². The minimum atomic E-state index is -0.317. The predicted octanol–water partition coefficient (Wildman–Crippen LogP) is 3.87. The molecule has 0 saturated heterocycles. The van der Waals surface area contributed by atoms with Crippen LogP contribution in [0.1, 0.15) is 58.2 Å². The van der Waals surface area contributed by atoms with Crippen molar-refractivity contribution < 1.29 is 14.3 Å². The number of aromatic amines is 1. The lowest BCUT2D eigenvalue weighted by molar-refractivity contribution is -0.110. The molecule has 1 aliphatic heterocycles. The Bertz CT molecular complexity index is 937. The molecule has 134 valence electrons. The summed E-state index contributed by atoms with van der Waals surface area (Å²) in [5, 5.41) is 2.93. The van der Waals surface area contributed by atoms with E-state index in [0.717, 1.165) is 59.3 Å². The number of carbonyl (C=O) groups excluding carboxylic acids is 2. The maximum atomic E-state index is 12.5. The highest BCUT2D eigenvalue weighted by Crippen LogP contribution is 2.37. The van der Waals surface area contributed by atoms with Crippen LogP contribution >= 0.6 is 0 Å². The Labute approximate surface area is 152 Å². The van der Waals surface area contributed by atoms with Crippen molar-refractivity contribution in [3.8, 4) is 0 Å². The van der Waals surface area contributed by atoms with E-state index < -0.39 is 0 Å². The van der Waals surface area contributed by atoms with Gasteiger partial charge in [0.2, 0.25) is 0 Å². The fraction of sp³-hybridized carbons (Fsp3) is 0.333. The largest absolute Gasteiger partial charge is 0.461 e. The Morgan fingerprint density at radius 1 is 1.23 bits per heavy atom. The summed E-state index contributed by atoms with van der Waals surface area (Å²) >= 11 is 0. The molecule has 0 bridgehead atoms. The van der Waals surface area contributed by atoms with Crippen LogP contribution in [0.4, 0.5) is 5.69 Å². The summed E-state index contributed by atoms with van der Waals surface area (Å²) in [5.74, 6) is -0.422. The van der Waals surface area contributed by atoms with Gasteiger partial charge in [-0.2, -0.15) is 0 Å². The summed E-state index contributed by atoms with van der Waals surface area (Å²) < 4.78 is 5.20. The molecule has 2 aromatic rings. The van der Waals surface area contributed by atoms with Gasteiger partial charge in [-0.25, -0.2) is 4.79 Å². The number of ether oxygens (including phenoxy) is 1. The van der Waals surface area contributed by atoms with Crippen molar-refractivity contribution in [2.45, 2.75) is 39.5 Å². The molecule has 0 spiro atoms. The SMILES string of the molecule is CCOC(=O)c1[nH]c(C=C2C(=O)Nc3cccc(C)c32)c2c1CCCC2. The predicted molar refractivity (Wildman–Crippen MR) is 101 cm³/mol. The molecule has 2 aliphatic rings. The average Bonchev–Trinajstić information content (AvgIpc) is 3.15. The number of H-pyrrole nitrogens is 1. The molecule has 2 N–H and O–H groups in total. The summed E-state index contributed by atoms with van der Waals surface area (Å²) in [4.78, 5) is 28.1. The van der Waals surface area contributed by atoms with Crippen molar-refractivity contribution in [1.29, 1.82) is 0 Å². The fourth-order valence-corrected chi connectivity index (χ4v) is 3.98. The molecule has 0 saturated carbocycles. The Kier molecular flexibility index (Phi) is 4.15. The first-order valence-electron chi connectivity index (χ1n) is 9.14. The molecular weight excluding hydrogens is 328 g/mol. The number of carbonyl (C=O) groups is 2. The molecule has 0 atom stereocenters. The van der Waals surface area contributed by atoms with Crippen molar-refractivity contribution in [2.24, 2.45) is 0 Å². The second-order valence-corrected chi connectivity index (χ2v) is 6.81. The summed E-state index contributed by atoms with van der Waals surface area (Å²) in [6.07, 6.45) is 5.82. The van der Waals surface area contributed by atoms with E-state index in [0.29, 0.717) is 17.9 Å².